The van der Waals surface area contributed by atoms with Gasteiger partial charge in [-0.2, -0.15) is 0 Å². The van der Waals surface area contributed by atoms with Gasteiger partial charge in [0.25, 0.3) is 0 Å². The van der Waals surface area contributed by atoms with E-state index in [0.29, 0.717) is 11.5 Å². The largest absolute Gasteiger partial charge is 0.357 e. The van der Waals surface area contributed by atoms with E-state index in [2.05, 4.69) is 48.7 Å². The number of rotatable bonds is 5. The van der Waals surface area contributed by atoms with E-state index in [0.717, 1.165) is 19.0 Å². The molecule has 2 aliphatic rings. The zero-order valence-corrected chi connectivity index (χ0v) is 12.6. The molecular weight excluding hydrogens is 246 g/mol. The lowest BCUT2D eigenvalue weighted by Crippen LogP contribution is -2.39. The molecule has 0 bridgehead atoms. The molecule has 0 aromatic heterocycles. The van der Waals surface area contributed by atoms with E-state index in [1.165, 1.54) is 36.8 Å². The minimum Gasteiger partial charge on any atom is -0.357 e. The molecule has 0 amide bonds. The smallest absolute Gasteiger partial charge is 0.191 e. The van der Waals surface area contributed by atoms with Crippen molar-refractivity contribution in [3.05, 3.63) is 35.4 Å². The maximum Gasteiger partial charge on any atom is 0.191 e. The molecule has 0 aliphatic heterocycles. The van der Waals surface area contributed by atoms with E-state index in [9.17, 15) is 0 Å². The number of benzene rings is 1. The Balaban J connectivity index is 1.70. The molecule has 2 aliphatic carbocycles. The highest BCUT2D eigenvalue weighted by molar-refractivity contribution is 5.80. The standard InChI is InChI=1S/C17H25N3/c1-3-18-16(20-14-8-9-14)19-12-17(10-11-17)15-7-5-4-6-13(15)2/h4-7,14H,3,8-12H2,1-2H3,(H2,18,19,20). The summed E-state index contributed by atoms with van der Waals surface area (Å²) in [6.07, 6.45) is 5.11. The first-order valence-corrected chi connectivity index (χ1v) is 7.84. The molecular formula is C17H25N3. The molecule has 3 rings (SSSR count). The number of aliphatic imine (C=N–C) groups is 1. The van der Waals surface area contributed by atoms with E-state index in [1.54, 1.807) is 0 Å². The summed E-state index contributed by atoms with van der Waals surface area (Å²) in [5.74, 6) is 0.995. The van der Waals surface area contributed by atoms with Crippen LogP contribution in [0, 0.1) is 6.92 Å². The third kappa shape index (κ3) is 2.97. The summed E-state index contributed by atoms with van der Waals surface area (Å²) in [4.78, 5) is 4.84. The average molecular weight is 271 g/mol. The van der Waals surface area contributed by atoms with Crippen LogP contribution in [0.3, 0.4) is 0 Å². The van der Waals surface area contributed by atoms with Crippen molar-refractivity contribution in [1.82, 2.24) is 10.6 Å². The van der Waals surface area contributed by atoms with Gasteiger partial charge in [-0.3, -0.25) is 4.99 Å². The van der Waals surface area contributed by atoms with Crippen LogP contribution in [0.25, 0.3) is 0 Å². The van der Waals surface area contributed by atoms with Gasteiger partial charge in [0.2, 0.25) is 0 Å². The predicted octanol–water partition coefficient (Wildman–Crippen LogP) is 2.74. The molecule has 2 fully saturated rings. The fourth-order valence-corrected chi connectivity index (χ4v) is 2.80. The number of aryl methyl sites for hydroxylation is 1. The van der Waals surface area contributed by atoms with E-state index >= 15 is 0 Å². The second kappa shape index (κ2) is 5.47. The highest BCUT2D eigenvalue weighted by Gasteiger charge is 2.44. The molecule has 0 atom stereocenters. The Morgan fingerprint density at radius 3 is 2.65 bits per heavy atom. The predicted molar refractivity (Wildman–Crippen MR) is 84.2 cm³/mol. The molecule has 0 radical (unpaired) electrons. The monoisotopic (exact) mass is 271 g/mol. The van der Waals surface area contributed by atoms with Crippen molar-refractivity contribution < 1.29 is 0 Å². The highest BCUT2D eigenvalue weighted by Crippen LogP contribution is 2.49. The SMILES string of the molecule is CCNC(=NCC1(c2ccccc2C)CC1)NC1CC1. The van der Waals surface area contributed by atoms with Gasteiger partial charge in [-0.15, -0.1) is 0 Å². The lowest BCUT2D eigenvalue weighted by Gasteiger charge is -2.17. The first-order chi connectivity index (χ1) is 9.73. The molecule has 0 heterocycles. The summed E-state index contributed by atoms with van der Waals surface area (Å²) < 4.78 is 0. The minimum atomic E-state index is 0.303. The van der Waals surface area contributed by atoms with Gasteiger partial charge in [-0.25, -0.2) is 0 Å². The van der Waals surface area contributed by atoms with Crippen LogP contribution < -0.4 is 10.6 Å². The van der Waals surface area contributed by atoms with Gasteiger partial charge in [0.15, 0.2) is 5.96 Å². The van der Waals surface area contributed by atoms with Gasteiger partial charge >= 0.3 is 0 Å². The van der Waals surface area contributed by atoms with Gasteiger partial charge < -0.3 is 10.6 Å². The summed E-state index contributed by atoms with van der Waals surface area (Å²) in [5, 5.41) is 6.86. The third-order valence-corrected chi connectivity index (χ3v) is 4.37. The van der Waals surface area contributed by atoms with Crippen LogP contribution in [0.4, 0.5) is 0 Å². The highest BCUT2D eigenvalue weighted by atomic mass is 15.2. The number of hydrogen-bond acceptors (Lipinski definition) is 1. The summed E-state index contributed by atoms with van der Waals surface area (Å²) in [6.45, 7) is 6.17. The van der Waals surface area contributed by atoms with Crippen molar-refractivity contribution in [1.29, 1.82) is 0 Å². The van der Waals surface area contributed by atoms with Crippen LogP contribution in [-0.2, 0) is 5.41 Å². The molecule has 20 heavy (non-hydrogen) atoms. The van der Waals surface area contributed by atoms with Crippen molar-refractivity contribution in [2.45, 2.75) is 51.0 Å². The Kier molecular flexibility index (Phi) is 3.68. The van der Waals surface area contributed by atoms with Crippen LogP contribution in [0.5, 0.6) is 0 Å². The molecule has 2 saturated carbocycles. The number of nitrogens with one attached hydrogen (secondary N) is 2. The maximum absolute atomic E-state index is 4.84. The van der Waals surface area contributed by atoms with Crippen LogP contribution in [0.2, 0.25) is 0 Å². The molecule has 0 spiro atoms. The first kappa shape index (κ1) is 13.5. The molecule has 2 N–H and O–H groups in total. The Bertz CT molecular complexity index is 499. The molecule has 3 heteroatoms. The van der Waals surface area contributed by atoms with Crippen molar-refractivity contribution in [3.8, 4) is 0 Å². The summed E-state index contributed by atoms with van der Waals surface area (Å²) in [5.41, 5.74) is 3.20. The average Bonchev–Trinajstić information content (AvgIpc) is 3.33. The molecule has 3 nitrogen and oxygen atoms in total. The molecule has 0 unspecified atom stereocenters. The lowest BCUT2D eigenvalue weighted by molar-refractivity contribution is 0.687. The second-order valence-corrected chi connectivity index (χ2v) is 6.21. The molecule has 0 saturated heterocycles. The van der Waals surface area contributed by atoms with E-state index in [1.807, 2.05) is 0 Å². The lowest BCUT2D eigenvalue weighted by atomic mass is 9.92. The van der Waals surface area contributed by atoms with Crippen molar-refractivity contribution >= 4 is 5.96 Å². The van der Waals surface area contributed by atoms with Crippen LogP contribution in [-0.4, -0.2) is 25.1 Å². The molecule has 1 aromatic rings. The summed E-state index contributed by atoms with van der Waals surface area (Å²) >= 11 is 0. The van der Waals surface area contributed by atoms with Gasteiger partial charge in [-0.05, 0) is 50.7 Å². The summed E-state index contributed by atoms with van der Waals surface area (Å²) in [6, 6.07) is 9.42. The number of nitrogens with zero attached hydrogens (tertiary/aromatic N) is 1. The van der Waals surface area contributed by atoms with Crippen LogP contribution in [0.15, 0.2) is 29.3 Å². The van der Waals surface area contributed by atoms with E-state index < -0.39 is 0 Å². The summed E-state index contributed by atoms with van der Waals surface area (Å²) in [7, 11) is 0. The number of guanidine groups is 1. The number of hydrogen-bond donors (Lipinski definition) is 2. The van der Waals surface area contributed by atoms with Crippen LogP contribution >= 0.6 is 0 Å². The Hall–Kier alpha value is -1.51. The Labute approximate surface area is 121 Å². The fraction of sp³-hybridized carbons (Fsp3) is 0.588. The zero-order chi connectivity index (χ0) is 14.0. The van der Waals surface area contributed by atoms with E-state index in [4.69, 9.17) is 4.99 Å². The van der Waals surface area contributed by atoms with Gasteiger partial charge in [0.05, 0.1) is 6.54 Å². The van der Waals surface area contributed by atoms with Gasteiger partial charge in [0, 0.05) is 18.0 Å². The van der Waals surface area contributed by atoms with Crippen LogP contribution in [0.1, 0.15) is 43.7 Å². The zero-order valence-electron chi connectivity index (χ0n) is 12.6. The van der Waals surface area contributed by atoms with Crippen molar-refractivity contribution in [2.75, 3.05) is 13.1 Å². The third-order valence-electron chi connectivity index (χ3n) is 4.37. The van der Waals surface area contributed by atoms with Gasteiger partial charge in [-0.1, -0.05) is 24.3 Å². The maximum atomic E-state index is 4.84. The van der Waals surface area contributed by atoms with Crippen molar-refractivity contribution in [2.24, 2.45) is 4.99 Å². The normalized spacial score (nSPS) is 20.6. The quantitative estimate of drug-likeness (QED) is 0.638. The van der Waals surface area contributed by atoms with Crippen molar-refractivity contribution in [3.63, 3.8) is 0 Å². The molecule has 1 aromatic carbocycles. The Morgan fingerprint density at radius 1 is 1.30 bits per heavy atom. The van der Waals surface area contributed by atoms with E-state index in [-0.39, 0.29) is 0 Å². The molecule has 108 valence electrons. The minimum absolute atomic E-state index is 0.303. The van der Waals surface area contributed by atoms with Gasteiger partial charge in [0.1, 0.15) is 0 Å². The second-order valence-electron chi connectivity index (χ2n) is 6.21. The Morgan fingerprint density at radius 2 is 2.05 bits per heavy atom. The topological polar surface area (TPSA) is 36.4 Å². The fourth-order valence-electron chi connectivity index (χ4n) is 2.80. The first-order valence-electron chi connectivity index (χ1n) is 7.84.